The van der Waals surface area contributed by atoms with Gasteiger partial charge in [0, 0.05) is 33.1 Å². The molecular weight excluding hydrogens is 1630 g/mol. The molecule has 39 heteroatoms. The Kier molecular flexibility index (Phi) is 61.9. The second kappa shape index (κ2) is 66.3. The lowest BCUT2D eigenvalue weighted by Crippen LogP contribution is -2.69. The molecule has 22 N–H and O–H groups in total. The second-order valence-corrected chi connectivity index (χ2v) is 35.3. The van der Waals surface area contributed by atoms with E-state index in [9.17, 15) is 110 Å². The maximum Gasteiger partial charge on any atom is 0.472 e. The maximum atomic E-state index is 13.9. The van der Waals surface area contributed by atoms with Gasteiger partial charge in [-0.3, -0.25) is 27.7 Å². The van der Waals surface area contributed by atoms with Crippen LogP contribution in [0.3, 0.4) is 0 Å². The van der Waals surface area contributed by atoms with E-state index in [1.54, 1.807) is 0 Å². The number of hydrogen-bond donors (Lipinski definition) is 20. The van der Waals surface area contributed by atoms with Gasteiger partial charge in [0.05, 0.1) is 51.3 Å². The zero-order valence-electron chi connectivity index (χ0n) is 72.0. The molecule has 27 atom stereocenters. The number of methoxy groups -OCH3 is 1. The predicted molar refractivity (Wildman–Crippen MR) is 442 cm³/mol. The normalized spacial score (nSPS) is 27.5. The number of esters is 2. The van der Waals surface area contributed by atoms with E-state index in [1.807, 2.05) is 0 Å². The predicted octanol–water partition coefficient (Wildman–Crippen LogP) is 4.95. The summed E-state index contributed by atoms with van der Waals surface area (Å²) in [5.41, 5.74) is 11.7. The van der Waals surface area contributed by atoms with Crippen LogP contribution in [0.15, 0.2) is 12.2 Å². The van der Waals surface area contributed by atoms with Crippen LogP contribution in [0.25, 0.3) is 0 Å². The van der Waals surface area contributed by atoms with Crippen LogP contribution in [0.4, 0.5) is 0 Å². The zero-order valence-corrected chi connectivity index (χ0v) is 73.8. The van der Waals surface area contributed by atoms with Gasteiger partial charge in [0.15, 0.2) is 31.3 Å². The van der Waals surface area contributed by atoms with Crippen LogP contribution >= 0.6 is 15.6 Å². The Morgan fingerprint density at radius 3 is 1.41 bits per heavy atom. The van der Waals surface area contributed by atoms with Crippen LogP contribution in [0, 0.1) is 0 Å². The molecule has 0 bridgehead atoms. The molecule has 0 spiro atoms. The van der Waals surface area contributed by atoms with Crippen LogP contribution in [-0.2, 0) is 79.4 Å². The van der Waals surface area contributed by atoms with E-state index in [0.29, 0.717) is 19.3 Å². The third kappa shape index (κ3) is 45.8. The summed E-state index contributed by atoms with van der Waals surface area (Å²) >= 11 is 0. The largest absolute Gasteiger partial charge is 0.472 e. The van der Waals surface area contributed by atoms with Crippen molar-refractivity contribution in [1.29, 1.82) is 0 Å². The Morgan fingerprint density at radius 1 is 0.463 bits per heavy atom. The topological polar surface area (TPSA) is 604 Å². The molecule has 16 unspecified atom stereocenters. The minimum absolute atomic E-state index is 0.0471. The highest BCUT2D eigenvalue weighted by molar-refractivity contribution is 7.47. The molecule has 37 nitrogen and oxygen atoms in total. The Hall–Kier alpha value is -2.10. The number of unbranched alkanes of at least 4 members (excludes halogenated alkanes) is 35. The van der Waals surface area contributed by atoms with Gasteiger partial charge in [0.2, 0.25) is 0 Å². The molecule has 1 aliphatic carbocycles. The Bertz CT molecular complexity index is 2710. The summed E-state index contributed by atoms with van der Waals surface area (Å²) in [6, 6.07) is -1.93. The van der Waals surface area contributed by atoms with Gasteiger partial charge in [0.25, 0.3) is 0 Å². The highest BCUT2D eigenvalue weighted by Gasteiger charge is 2.58. The van der Waals surface area contributed by atoms with Gasteiger partial charge < -0.3 is 146 Å². The number of aliphatic hydroxyl groups is 16. The molecule has 1 saturated carbocycles. The zero-order chi connectivity index (χ0) is 89.6. The SMILES string of the molecule is CCCCCCCC/C=C\CCCCCCCCCCCCCCCCCCCC(=O)OC[C@@H](O)COP(=O)(O)OC1C(O[C@H]2OC(CO)[C@@H](O[C@@H](O)C(O)C(O)[C@H](O)CCO[C@@H](OC)C(O[C@H]3OC(COP(=O)(O)OCCN)C(O)[C@@H](O)C3O)C(O)[C@H](O)CCO)[C@H](O)C2N)C(O)C(O)[C@@H](O)C1OC(=O)CCCCCCCCCCCCCCC. The van der Waals surface area contributed by atoms with Crippen LogP contribution in [0.2, 0.25) is 0 Å². The van der Waals surface area contributed by atoms with Gasteiger partial charge in [-0.15, -0.1) is 0 Å². The van der Waals surface area contributed by atoms with Crippen molar-refractivity contribution < 1.29 is 171 Å². The highest BCUT2D eigenvalue weighted by Crippen LogP contribution is 2.49. The first kappa shape index (κ1) is 113. The first-order chi connectivity index (χ1) is 57.9. The molecule has 0 aromatic carbocycles. The molecule has 0 aromatic heterocycles. The molecule has 716 valence electrons. The summed E-state index contributed by atoms with van der Waals surface area (Å²) in [5.74, 6) is -1.62. The van der Waals surface area contributed by atoms with Crippen LogP contribution in [-0.4, -0.2) is 317 Å². The smallest absolute Gasteiger partial charge is 0.463 e. The fourth-order valence-corrected chi connectivity index (χ4v) is 16.4. The second-order valence-electron chi connectivity index (χ2n) is 32.4. The molecule has 2 saturated heterocycles. The molecule has 3 fully saturated rings. The third-order valence-electron chi connectivity index (χ3n) is 22.1. The lowest BCUT2D eigenvalue weighted by Gasteiger charge is -2.48. The van der Waals surface area contributed by atoms with E-state index in [1.165, 1.54) is 154 Å². The van der Waals surface area contributed by atoms with E-state index in [0.717, 1.165) is 77.7 Å². The number of rotatable bonds is 75. The molecular formula is C82H158N2O35P2. The number of phosphoric acid groups is 2. The van der Waals surface area contributed by atoms with Crippen molar-refractivity contribution in [3.63, 3.8) is 0 Å². The number of aliphatic hydroxyl groups excluding tert-OH is 16. The van der Waals surface area contributed by atoms with Gasteiger partial charge in [-0.2, -0.15) is 0 Å². The lowest BCUT2D eigenvalue weighted by molar-refractivity contribution is -0.342. The average molecular weight is 1790 g/mol. The fourth-order valence-electron chi connectivity index (χ4n) is 14.7. The van der Waals surface area contributed by atoms with Gasteiger partial charge >= 0.3 is 27.6 Å². The monoisotopic (exact) mass is 1790 g/mol. The highest BCUT2D eigenvalue weighted by atomic mass is 31.2. The first-order valence-electron chi connectivity index (χ1n) is 44.8. The summed E-state index contributed by atoms with van der Waals surface area (Å²) in [5, 5.41) is 175. The molecule has 0 amide bonds. The average Bonchev–Trinajstić information content (AvgIpc) is 0.761. The quantitative estimate of drug-likeness (QED) is 0.0126. The van der Waals surface area contributed by atoms with Gasteiger partial charge in [-0.1, -0.05) is 231 Å². The van der Waals surface area contributed by atoms with Gasteiger partial charge in [-0.05, 0) is 51.4 Å². The molecule has 3 rings (SSSR count). The van der Waals surface area contributed by atoms with E-state index in [-0.39, 0.29) is 19.4 Å². The molecule has 0 radical (unpaired) electrons. The lowest BCUT2D eigenvalue weighted by atomic mass is 9.84. The fraction of sp³-hybridized carbons (Fsp3) is 0.951. The molecule has 3 aliphatic rings. The van der Waals surface area contributed by atoms with Crippen molar-refractivity contribution in [2.75, 3.05) is 59.9 Å². The number of phosphoric ester groups is 2. The van der Waals surface area contributed by atoms with Crippen molar-refractivity contribution >= 4 is 27.6 Å². The number of carbonyl (C=O) groups excluding carboxylic acids is 2. The third-order valence-corrected chi connectivity index (χ3v) is 24.1. The molecule has 2 heterocycles. The summed E-state index contributed by atoms with van der Waals surface area (Å²) in [4.78, 5) is 47.5. The van der Waals surface area contributed by atoms with Gasteiger partial charge in [-0.25, -0.2) is 9.13 Å². The first-order valence-corrected chi connectivity index (χ1v) is 47.8. The van der Waals surface area contributed by atoms with Gasteiger partial charge in [0.1, 0.15) is 110 Å². The summed E-state index contributed by atoms with van der Waals surface area (Å²) in [6.45, 7) is -1.36. The minimum Gasteiger partial charge on any atom is -0.463 e. The number of nitrogens with two attached hydrogens (primary N) is 2. The Balaban J connectivity index is 1.61. The summed E-state index contributed by atoms with van der Waals surface area (Å²) in [6.07, 6.45) is -4.27. The Morgan fingerprint density at radius 2 is 0.926 bits per heavy atom. The van der Waals surface area contributed by atoms with E-state index >= 15 is 0 Å². The summed E-state index contributed by atoms with van der Waals surface area (Å²) in [7, 11) is -9.40. The Labute approximate surface area is 715 Å². The van der Waals surface area contributed by atoms with E-state index < -0.39 is 240 Å². The van der Waals surface area contributed by atoms with Crippen LogP contribution in [0.5, 0.6) is 0 Å². The van der Waals surface area contributed by atoms with Crippen molar-refractivity contribution in [2.24, 2.45) is 11.5 Å². The van der Waals surface area contributed by atoms with Crippen LogP contribution in [0.1, 0.15) is 284 Å². The number of hydrogen-bond acceptors (Lipinski definition) is 35. The molecule has 2 aliphatic heterocycles. The maximum absolute atomic E-state index is 13.9. The number of allylic oxidation sites excluding steroid dienone is 2. The number of ether oxygens (including phenoxy) is 9. The van der Waals surface area contributed by atoms with Crippen molar-refractivity contribution in [1.82, 2.24) is 0 Å². The van der Waals surface area contributed by atoms with Crippen molar-refractivity contribution in [3.05, 3.63) is 12.2 Å². The van der Waals surface area contributed by atoms with Crippen LogP contribution < -0.4 is 11.5 Å². The van der Waals surface area contributed by atoms with Crippen molar-refractivity contribution in [2.45, 2.75) is 437 Å². The van der Waals surface area contributed by atoms with E-state index in [2.05, 4.69) is 30.5 Å². The standard InChI is InChI=1S/C82H158N2O35P2/c1-4-6-8-10-12-14-16-18-19-20-21-22-23-24-25-26-27-28-29-30-31-33-34-36-38-40-42-44-61(90)109-53-56(87)54-111-121(105,106)119-78-75(115-62(91)45-43-41-39-37-35-32-17-15-13-11-9-7-5-2)70(98)69(97)71(99)76(78)117-80-63(84)67(95)74(59(52-86)113-80)116-79(102)72(100)64(92)58(89)47-50-108-82(107-3)77(65(93)57(88)46-49-85)118-81-73(101)68(96)66(94)60(114-81)55-112-120(103,104)110-51-48-83/h18-19,56-60,63-82,85-89,92-102H,4-17,20-55,83-84H2,1-3H3,(H,103,104)(H,105,106)/b19-18-/t56-,57-,58-,59?,60?,63?,64?,65?,66?,67-,68-,69?,70-,71?,72?,73?,74-,75?,76?,77?,78?,79-,80-,81-,82-/m1/s1. The van der Waals surface area contributed by atoms with E-state index in [4.69, 9.17) is 67.7 Å². The molecule has 121 heavy (non-hydrogen) atoms. The molecule has 0 aromatic rings. The number of carbonyl (C=O) groups is 2. The summed E-state index contributed by atoms with van der Waals surface area (Å²) < 4.78 is 96.7. The van der Waals surface area contributed by atoms with Crippen molar-refractivity contribution in [3.8, 4) is 0 Å². The minimum atomic E-state index is -5.59.